The number of carbonyl (C=O) groups is 1. The number of carbonyl (C=O) groups excluding carboxylic acids is 1. The van der Waals surface area contributed by atoms with Gasteiger partial charge < -0.3 is 15.4 Å². The highest BCUT2D eigenvalue weighted by molar-refractivity contribution is 7.14. The first-order chi connectivity index (χ1) is 12.3. The van der Waals surface area contributed by atoms with Crippen LogP contribution in [-0.4, -0.2) is 31.2 Å². The second-order valence-corrected chi connectivity index (χ2v) is 6.21. The van der Waals surface area contributed by atoms with Gasteiger partial charge in [-0.25, -0.2) is 4.98 Å². The number of thiazole rings is 1. The van der Waals surface area contributed by atoms with Crippen LogP contribution in [0.25, 0.3) is 11.3 Å². The fraction of sp³-hybridized carbons (Fsp3) is 0.158. The zero-order valence-corrected chi connectivity index (χ0v) is 14.7. The molecular formula is C19H19N3O2S. The minimum Gasteiger partial charge on any atom is -0.383 e. The van der Waals surface area contributed by atoms with Crippen molar-refractivity contribution in [1.29, 1.82) is 0 Å². The first-order valence-corrected chi connectivity index (χ1v) is 8.79. The standard InChI is InChI=1S/C19H19N3O2S/c1-24-12-11-20-19-22-17(13-25-19)14-7-9-16(10-8-14)21-18(23)15-5-3-2-4-6-15/h2-10,13H,11-12H2,1H3,(H,20,22)(H,21,23). The van der Waals surface area contributed by atoms with Crippen molar-refractivity contribution >= 4 is 28.1 Å². The lowest BCUT2D eigenvalue weighted by Gasteiger charge is -2.06. The van der Waals surface area contributed by atoms with Crippen LogP contribution in [0.2, 0.25) is 0 Å². The summed E-state index contributed by atoms with van der Waals surface area (Å²) in [6.45, 7) is 1.37. The van der Waals surface area contributed by atoms with E-state index in [1.165, 1.54) is 0 Å². The summed E-state index contributed by atoms with van der Waals surface area (Å²) in [4.78, 5) is 16.7. The van der Waals surface area contributed by atoms with E-state index in [4.69, 9.17) is 4.74 Å². The van der Waals surface area contributed by atoms with Gasteiger partial charge in [-0.3, -0.25) is 4.79 Å². The molecule has 6 heteroatoms. The van der Waals surface area contributed by atoms with Crippen LogP contribution in [0, 0.1) is 0 Å². The molecule has 0 fully saturated rings. The van der Waals surface area contributed by atoms with Gasteiger partial charge >= 0.3 is 0 Å². The molecule has 3 rings (SSSR count). The Labute approximate surface area is 150 Å². The zero-order chi connectivity index (χ0) is 17.5. The topological polar surface area (TPSA) is 63.2 Å². The Bertz CT molecular complexity index is 816. The van der Waals surface area contributed by atoms with Gasteiger partial charge in [0.1, 0.15) is 0 Å². The van der Waals surface area contributed by atoms with Crippen LogP contribution in [0.4, 0.5) is 10.8 Å². The van der Waals surface area contributed by atoms with Crippen LogP contribution in [-0.2, 0) is 4.74 Å². The molecule has 0 saturated carbocycles. The zero-order valence-electron chi connectivity index (χ0n) is 13.9. The number of methoxy groups -OCH3 is 1. The number of hydrogen-bond donors (Lipinski definition) is 2. The smallest absolute Gasteiger partial charge is 0.255 e. The summed E-state index contributed by atoms with van der Waals surface area (Å²) < 4.78 is 5.01. The van der Waals surface area contributed by atoms with E-state index >= 15 is 0 Å². The predicted octanol–water partition coefficient (Wildman–Crippen LogP) is 4.12. The second-order valence-electron chi connectivity index (χ2n) is 5.35. The van der Waals surface area contributed by atoms with E-state index < -0.39 is 0 Å². The summed E-state index contributed by atoms with van der Waals surface area (Å²) in [5.74, 6) is -0.119. The maximum atomic E-state index is 12.2. The fourth-order valence-corrected chi connectivity index (χ4v) is 3.01. The van der Waals surface area contributed by atoms with Crippen molar-refractivity contribution in [3.05, 3.63) is 65.5 Å². The van der Waals surface area contributed by atoms with Crippen molar-refractivity contribution in [3.63, 3.8) is 0 Å². The largest absolute Gasteiger partial charge is 0.383 e. The second kappa shape index (κ2) is 8.41. The molecule has 0 aliphatic carbocycles. The fourth-order valence-electron chi connectivity index (χ4n) is 2.26. The van der Waals surface area contributed by atoms with Crippen molar-refractivity contribution in [2.24, 2.45) is 0 Å². The number of aromatic nitrogens is 1. The molecule has 0 unspecified atom stereocenters. The molecule has 0 radical (unpaired) electrons. The van der Waals surface area contributed by atoms with Crippen molar-refractivity contribution < 1.29 is 9.53 Å². The molecule has 2 N–H and O–H groups in total. The van der Waals surface area contributed by atoms with Gasteiger partial charge in [0.25, 0.3) is 5.91 Å². The third-order valence-corrected chi connectivity index (χ3v) is 4.36. The van der Waals surface area contributed by atoms with E-state index in [2.05, 4.69) is 15.6 Å². The number of nitrogens with one attached hydrogen (secondary N) is 2. The highest BCUT2D eigenvalue weighted by Crippen LogP contribution is 2.26. The maximum Gasteiger partial charge on any atom is 0.255 e. The molecule has 3 aromatic rings. The highest BCUT2D eigenvalue weighted by Gasteiger charge is 2.07. The molecule has 2 aromatic carbocycles. The third kappa shape index (κ3) is 4.65. The molecule has 1 aromatic heterocycles. The van der Waals surface area contributed by atoms with Gasteiger partial charge in [-0.15, -0.1) is 11.3 Å². The van der Waals surface area contributed by atoms with Crippen LogP contribution in [0.15, 0.2) is 60.0 Å². The molecule has 0 aliphatic rings. The molecular weight excluding hydrogens is 334 g/mol. The minimum atomic E-state index is -0.119. The van der Waals surface area contributed by atoms with E-state index in [0.29, 0.717) is 12.2 Å². The number of benzene rings is 2. The average Bonchev–Trinajstić information content (AvgIpc) is 3.12. The van der Waals surface area contributed by atoms with E-state index in [-0.39, 0.29) is 5.91 Å². The molecule has 128 valence electrons. The number of amides is 1. The van der Waals surface area contributed by atoms with Crippen molar-refractivity contribution in [2.45, 2.75) is 0 Å². The number of rotatable bonds is 7. The van der Waals surface area contributed by atoms with Crippen molar-refractivity contribution in [3.8, 4) is 11.3 Å². The van der Waals surface area contributed by atoms with Gasteiger partial charge in [0.15, 0.2) is 5.13 Å². The molecule has 0 bridgehead atoms. The average molecular weight is 353 g/mol. The van der Waals surface area contributed by atoms with E-state index in [1.54, 1.807) is 30.6 Å². The highest BCUT2D eigenvalue weighted by atomic mass is 32.1. The summed E-state index contributed by atoms with van der Waals surface area (Å²) in [5.41, 5.74) is 3.31. The van der Waals surface area contributed by atoms with Gasteiger partial charge in [0.05, 0.1) is 12.3 Å². The molecule has 0 saturated heterocycles. The molecule has 0 spiro atoms. The first kappa shape index (κ1) is 17.1. The Balaban J connectivity index is 1.63. The third-order valence-electron chi connectivity index (χ3n) is 3.56. The van der Waals surface area contributed by atoms with Gasteiger partial charge in [-0.05, 0) is 24.3 Å². The molecule has 1 amide bonds. The normalized spacial score (nSPS) is 10.4. The lowest BCUT2D eigenvalue weighted by atomic mass is 10.1. The van der Waals surface area contributed by atoms with Crippen LogP contribution in [0.1, 0.15) is 10.4 Å². The first-order valence-electron chi connectivity index (χ1n) is 7.91. The van der Waals surface area contributed by atoms with Crippen molar-refractivity contribution in [1.82, 2.24) is 4.98 Å². The van der Waals surface area contributed by atoms with Crippen LogP contribution < -0.4 is 10.6 Å². The Morgan fingerprint density at radius 3 is 2.60 bits per heavy atom. The van der Waals surface area contributed by atoms with Crippen LogP contribution in [0.5, 0.6) is 0 Å². The Kier molecular flexibility index (Phi) is 5.77. The van der Waals surface area contributed by atoms with E-state index in [0.717, 1.165) is 28.6 Å². The summed E-state index contributed by atoms with van der Waals surface area (Å²) in [6.07, 6.45) is 0. The van der Waals surface area contributed by atoms with Gasteiger partial charge in [-0.1, -0.05) is 30.3 Å². The van der Waals surface area contributed by atoms with Crippen LogP contribution >= 0.6 is 11.3 Å². The Hall–Kier alpha value is -2.70. The molecule has 0 aliphatic heterocycles. The maximum absolute atomic E-state index is 12.2. The SMILES string of the molecule is COCCNc1nc(-c2ccc(NC(=O)c3ccccc3)cc2)cs1. The van der Waals surface area contributed by atoms with Gasteiger partial charge in [0, 0.05) is 35.8 Å². The van der Waals surface area contributed by atoms with E-state index in [9.17, 15) is 4.79 Å². The number of hydrogen-bond acceptors (Lipinski definition) is 5. The predicted molar refractivity (Wildman–Crippen MR) is 102 cm³/mol. The summed E-state index contributed by atoms with van der Waals surface area (Å²) in [6, 6.07) is 16.8. The van der Waals surface area contributed by atoms with Crippen molar-refractivity contribution in [2.75, 3.05) is 30.9 Å². The quantitative estimate of drug-likeness (QED) is 0.627. The minimum absolute atomic E-state index is 0.119. The van der Waals surface area contributed by atoms with Gasteiger partial charge in [0.2, 0.25) is 0 Å². The lowest BCUT2D eigenvalue weighted by Crippen LogP contribution is -2.11. The molecule has 5 nitrogen and oxygen atoms in total. The number of ether oxygens (including phenoxy) is 1. The van der Waals surface area contributed by atoms with Gasteiger partial charge in [-0.2, -0.15) is 0 Å². The molecule has 1 heterocycles. The number of nitrogens with zero attached hydrogens (tertiary/aromatic N) is 1. The summed E-state index contributed by atoms with van der Waals surface area (Å²) in [7, 11) is 1.67. The number of anilines is 2. The Morgan fingerprint density at radius 2 is 1.88 bits per heavy atom. The molecule has 25 heavy (non-hydrogen) atoms. The summed E-state index contributed by atoms with van der Waals surface area (Å²) in [5, 5.41) is 8.99. The molecule has 0 atom stereocenters. The summed E-state index contributed by atoms with van der Waals surface area (Å²) >= 11 is 1.56. The monoisotopic (exact) mass is 353 g/mol. The van der Waals surface area contributed by atoms with E-state index in [1.807, 2.05) is 47.8 Å². The van der Waals surface area contributed by atoms with Crippen LogP contribution in [0.3, 0.4) is 0 Å². The Morgan fingerprint density at radius 1 is 1.12 bits per heavy atom. The lowest BCUT2D eigenvalue weighted by molar-refractivity contribution is 0.102.